The maximum Gasteiger partial charge on any atom is 0.167 e. The number of phenolic OH excluding ortho intramolecular Hbond substituents is 1. The highest BCUT2D eigenvalue weighted by molar-refractivity contribution is 5.73. The van der Waals surface area contributed by atoms with E-state index in [4.69, 9.17) is 24.4 Å². The Labute approximate surface area is 214 Å². The summed E-state index contributed by atoms with van der Waals surface area (Å²) in [4.78, 5) is 13.9. The van der Waals surface area contributed by atoms with Crippen molar-refractivity contribution in [2.75, 3.05) is 33.5 Å². The zero-order valence-electron chi connectivity index (χ0n) is 20.6. The molecule has 4 N–H and O–H groups in total. The highest BCUT2D eigenvalue weighted by atomic mass is 16.5. The summed E-state index contributed by atoms with van der Waals surface area (Å²) in [6, 6.07) is 11.9. The number of nitrogens with zero attached hydrogens (tertiary/aromatic N) is 3. The van der Waals surface area contributed by atoms with E-state index in [0.29, 0.717) is 46.2 Å². The molecule has 0 bridgehead atoms. The molecule has 10 nitrogen and oxygen atoms in total. The molecule has 1 aromatic heterocycles. The molecule has 37 heavy (non-hydrogen) atoms. The summed E-state index contributed by atoms with van der Waals surface area (Å²) in [5.74, 6) is 2.10. The standard InChI is InChI=1S/C27H29N3O7/c1-16-13-20(37-12-10-32)15-23(34)24(16)27-29-25(17-3-5-18(35-2)6-4-17)28-26(30-27)21-8-7-19(14-22(21)33)36-11-9-31/h3-8,14-16,31-34H,9-13H2,1-2H3. The summed E-state index contributed by atoms with van der Waals surface area (Å²) >= 11 is 0. The fraction of sp³-hybridized carbons (Fsp3) is 0.296. The molecule has 0 fully saturated rings. The third-order valence-corrected chi connectivity index (χ3v) is 5.75. The Morgan fingerprint density at radius 2 is 1.49 bits per heavy atom. The van der Waals surface area contributed by atoms with E-state index in [9.17, 15) is 10.2 Å². The number of methoxy groups -OCH3 is 1. The van der Waals surface area contributed by atoms with Crippen LogP contribution in [0.15, 0.2) is 60.1 Å². The van der Waals surface area contributed by atoms with Gasteiger partial charge in [-0.05, 0) is 42.3 Å². The minimum Gasteiger partial charge on any atom is -0.507 e. The molecular weight excluding hydrogens is 478 g/mol. The van der Waals surface area contributed by atoms with E-state index in [1.165, 1.54) is 12.1 Å². The van der Waals surface area contributed by atoms with E-state index < -0.39 is 0 Å². The Kier molecular flexibility index (Phi) is 8.22. The fourth-order valence-corrected chi connectivity index (χ4v) is 4.00. The summed E-state index contributed by atoms with van der Waals surface area (Å²) in [6.45, 7) is 1.87. The maximum atomic E-state index is 10.9. The molecular formula is C27H29N3O7. The number of benzene rings is 2. The third-order valence-electron chi connectivity index (χ3n) is 5.75. The minimum absolute atomic E-state index is 0.0403. The molecule has 0 radical (unpaired) electrons. The van der Waals surface area contributed by atoms with E-state index in [2.05, 4.69) is 15.0 Å². The van der Waals surface area contributed by atoms with Gasteiger partial charge in [0, 0.05) is 29.7 Å². The lowest BCUT2D eigenvalue weighted by molar-refractivity contribution is 0.135. The van der Waals surface area contributed by atoms with Crippen molar-refractivity contribution >= 4 is 5.57 Å². The second-order valence-corrected chi connectivity index (χ2v) is 8.37. The normalized spacial score (nSPS) is 15.4. The van der Waals surface area contributed by atoms with Gasteiger partial charge in [-0.3, -0.25) is 0 Å². The molecule has 1 heterocycles. The Balaban J connectivity index is 1.83. The van der Waals surface area contributed by atoms with Gasteiger partial charge < -0.3 is 34.6 Å². The number of ether oxygens (including phenoxy) is 3. The van der Waals surface area contributed by atoms with Gasteiger partial charge in [-0.25, -0.2) is 15.0 Å². The summed E-state index contributed by atoms with van der Waals surface area (Å²) in [5.41, 5.74) is 1.55. The lowest BCUT2D eigenvalue weighted by atomic mass is 9.90. The van der Waals surface area contributed by atoms with E-state index in [1.807, 2.05) is 19.1 Å². The van der Waals surface area contributed by atoms with Gasteiger partial charge in [0.2, 0.25) is 0 Å². The van der Waals surface area contributed by atoms with Crippen molar-refractivity contribution in [2.24, 2.45) is 5.92 Å². The van der Waals surface area contributed by atoms with Crippen LogP contribution in [0.2, 0.25) is 0 Å². The van der Waals surface area contributed by atoms with Gasteiger partial charge in [0.25, 0.3) is 0 Å². The van der Waals surface area contributed by atoms with Gasteiger partial charge in [0.05, 0.1) is 25.9 Å². The summed E-state index contributed by atoms with van der Waals surface area (Å²) in [6.07, 6.45) is 1.99. The highest BCUT2D eigenvalue weighted by Gasteiger charge is 2.27. The molecule has 1 atom stereocenters. The monoisotopic (exact) mass is 507 g/mol. The lowest BCUT2D eigenvalue weighted by Crippen LogP contribution is -2.14. The SMILES string of the molecule is COc1ccc(-c2nc(C3=C(O)C=C(OCCO)CC3C)nc(-c3ccc(OCCO)cc3O)n2)cc1. The molecule has 0 spiro atoms. The molecule has 3 aromatic rings. The molecule has 0 amide bonds. The minimum atomic E-state index is -0.194. The first-order valence-electron chi connectivity index (χ1n) is 11.8. The number of hydrogen-bond acceptors (Lipinski definition) is 10. The molecule has 1 aliphatic rings. The Morgan fingerprint density at radius 3 is 2.14 bits per heavy atom. The molecule has 10 heteroatoms. The molecule has 4 rings (SSSR count). The van der Waals surface area contributed by atoms with Gasteiger partial charge in [-0.1, -0.05) is 6.92 Å². The van der Waals surface area contributed by atoms with E-state index in [1.54, 1.807) is 31.4 Å². The fourth-order valence-electron chi connectivity index (χ4n) is 4.00. The molecule has 0 saturated heterocycles. The van der Waals surface area contributed by atoms with Gasteiger partial charge in [-0.15, -0.1) is 0 Å². The van der Waals surface area contributed by atoms with Crippen molar-refractivity contribution < 1.29 is 34.6 Å². The van der Waals surface area contributed by atoms with Crippen LogP contribution in [0.4, 0.5) is 0 Å². The average Bonchev–Trinajstić information content (AvgIpc) is 2.90. The van der Waals surface area contributed by atoms with Crippen molar-refractivity contribution in [1.82, 2.24) is 15.0 Å². The number of phenols is 1. The molecule has 1 unspecified atom stereocenters. The van der Waals surface area contributed by atoms with Crippen LogP contribution in [0.5, 0.6) is 17.2 Å². The van der Waals surface area contributed by atoms with Gasteiger partial charge in [0.1, 0.15) is 42.0 Å². The summed E-state index contributed by atoms with van der Waals surface area (Å²) in [5, 5.41) is 39.7. The van der Waals surface area contributed by atoms with Crippen LogP contribution in [0.1, 0.15) is 19.2 Å². The summed E-state index contributed by atoms with van der Waals surface area (Å²) < 4.78 is 16.1. The summed E-state index contributed by atoms with van der Waals surface area (Å²) in [7, 11) is 1.58. The third kappa shape index (κ3) is 5.99. The van der Waals surface area contributed by atoms with Crippen molar-refractivity contribution in [3.05, 3.63) is 65.9 Å². The van der Waals surface area contributed by atoms with E-state index in [0.717, 1.165) is 0 Å². The number of aromatic nitrogens is 3. The molecule has 0 aliphatic heterocycles. The van der Waals surface area contributed by atoms with Crippen molar-refractivity contribution in [3.63, 3.8) is 0 Å². The maximum absolute atomic E-state index is 10.9. The van der Waals surface area contributed by atoms with E-state index in [-0.39, 0.29) is 55.5 Å². The molecule has 1 aliphatic carbocycles. The first-order valence-corrected chi connectivity index (χ1v) is 11.8. The predicted molar refractivity (Wildman–Crippen MR) is 136 cm³/mol. The number of aliphatic hydroxyl groups excluding tert-OH is 3. The number of aliphatic hydroxyl groups is 3. The zero-order valence-corrected chi connectivity index (χ0v) is 20.6. The second-order valence-electron chi connectivity index (χ2n) is 8.37. The van der Waals surface area contributed by atoms with Crippen molar-refractivity contribution in [1.29, 1.82) is 0 Å². The lowest BCUT2D eigenvalue weighted by Gasteiger charge is -2.23. The molecule has 2 aromatic carbocycles. The van der Waals surface area contributed by atoms with Crippen LogP contribution in [0.3, 0.4) is 0 Å². The first-order chi connectivity index (χ1) is 17.9. The number of rotatable bonds is 10. The molecule has 194 valence electrons. The predicted octanol–water partition coefficient (Wildman–Crippen LogP) is 3.49. The number of allylic oxidation sites excluding steroid dienone is 3. The topological polar surface area (TPSA) is 147 Å². The smallest absolute Gasteiger partial charge is 0.167 e. The second kappa shape index (κ2) is 11.7. The van der Waals surface area contributed by atoms with Gasteiger partial charge >= 0.3 is 0 Å². The number of hydrogen-bond donors (Lipinski definition) is 4. The zero-order chi connectivity index (χ0) is 26.4. The van der Waals surface area contributed by atoms with Crippen LogP contribution in [-0.4, -0.2) is 68.9 Å². The van der Waals surface area contributed by atoms with Crippen LogP contribution in [0.25, 0.3) is 28.3 Å². The van der Waals surface area contributed by atoms with Crippen LogP contribution >= 0.6 is 0 Å². The van der Waals surface area contributed by atoms with Crippen LogP contribution < -0.4 is 9.47 Å². The van der Waals surface area contributed by atoms with Crippen molar-refractivity contribution in [2.45, 2.75) is 13.3 Å². The van der Waals surface area contributed by atoms with Crippen LogP contribution in [-0.2, 0) is 4.74 Å². The van der Waals surface area contributed by atoms with Gasteiger partial charge in [-0.2, -0.15) is 0 Å². The average molecular weight is 508 g/mol. The largest absolute Gasteiger partial charge is 0.507 e. The Morgan fingerprint density at radius 1 is 0.838 bits per heavy atom. The quantitative estimate of drug-likeness (QED) is 0.321. The first kappa shape index (κ1) is 25.9. The van der Waals surface area contributed by atoms with E-state index >= 15 is 0 Å². The highest BCUT2D eigenvalue weighted by Crippen LogP contribution is 2.37. The molecule has 0 saturated carbocycles. The Hall–Kier alpha value is -4.15. The van der Waals surface area contributed by atoms with Crippen molar-refractivity contribution in [3.8, 4) is 40.0 Å². The van der Waals surface area contributed by atoms with Gasteiger partial charge in [0.15, 0.2) is 17.5 Å². The Bertz CT molecular complexity index is 1310. The number of aromatic hydroxyl groups is 1. The van der Waals surface area contributed by atoms with Crippen LogP contribution in [0, 0.1) is 5.92 Å².